The van der Waals surface area contributed by atoms with Crippen LogP contribution in [0.3, 0.4) is 0 Å². The number of ether oxygens (including phenoxy) is 1. The molecule has 4 nitrogen and oxygen atoms in total. The van der Waals surface area contributed by atoms with E-state index in [0.29, 0.717) is 15.6 Å². The third-order valence-electron chi connectivity index (χ3n) is 4.44. The van der Waals surface area contributed by atoms with Gasteiger partial charge in [0, 0.05) is 15.8 Å². The zero-order valence-electron chi connectivity index (χ0n) is 13.7. The molecule has 1 heterocycles. The SMILES string of the molecule is COC(=O)c1c(NC(=O)[C@H]2C[C@@H]2c2ccccc2Cl)sc(C)c1C. The fourth-order valence-electron chi connectivity index (χ4n) is 2.87. The van der Waals surface area contributed by atoms with E-state index in [4.69, 9.17) is 16.3 Å². The van der Waals surface area contributed by atoms with E-state index >= 15 is 0 Å². The quantitative estimate of drug-likeness (QED) is 0.811. The van der Waals surface area contributed by atoms with Crippen LogP contribution in [0, 0.1) is 19.8 Å². The van der Waals surface area contributed by atoms with Gasteiger partial charge < -0.3 is 10.1 Å². The van der Waals surface area contributed by atoms with E-state index in [2.05, 4.69) is 5.32 Å². The van der Waals surface area contributed by atoms with Crippen molar-refractivity contribution in [2.24, 2.45) is 5.92 Å². The second-order valence-electron chi connectivity index (χ2n) is 5.94. The Morgan fingerprint density at radius 1 is 1.29 bits per heavy atom. The molecule has 0 bridgehead atoms. The number of thiophene rings is 1. The summed E-state index contributed by atoms with van der Waals surface area (Å²) in [6, 6.07) is 7.60. The number of methoxy groups -OCH3 is 1. The Kier molecular flexibility index (Phi) is 4.65. The first-order valence-electron chi connectivity index (χ1n) is 7.67. The van der Waals surface area contributed by atoms with Gasteiger partial charge in [-0.1, -0.05) is 29.8 Å². The summed E-state index contributed by atoms with van der Waals surface area (Å²) in [7, 11) is 1.34. The number of nitrogens with one attached hydrogen (secondary N) is 1. The summed E-state index contributed by atoms with van der Waals surface area (Å²) in [5.74, 6) is -0.475. The Balaban J connectivity index is 1.77. The van der Waals surface area contributed by atoms with Crippen molar-refractivity contribution in [1.29, 1.82) is 0 Å². The molecule has 0 spiro atoms. The number of benzene rings is 1. The summed E-state index contributed by atoms with van der Waals surface area (Å²) in [5.41, 5.74) is 2.30. The van der Waals surface area contributed by atoms with Crippen molar-refractivity contribution in [3.05, 3.63) is 50.9 Å². The van der Waals surface area contributed by atoms with E-state index in [9.17, 15) is 9.59 Å². The summed E-state index contributed by atoms with van der Waals surface area (Å²) < 4.78 is 4.83. The highest BCUT2D eigenvalue weighted by Gasteiger charge is 2.45. The van der Waals surface area contributed by atoms with Gasteiger partial charge in [-0.05, 0) is 43.4 Å². The molecule has 2 aromatic rings. The molecule has 24 heavy (non-hydrogen) atoms. The van der Waals surface area contributed by atoms with Gasteiger partial charge in [-0.15, -0.1) is 11.3 Å². The van der Waals surface area contributed by atoms with Crippen molar-refractivity contribution in [3.63, 3.8) is 0 Å². The number of aryl methyl sites for hydroxylation is 1. The number of anilines is 1. The second kappa shape index (κ2) is 6.57. The molecule has 0 unspecified atom stereocenters. The zero-order chi connectivity index (χ0) is 17.4. The smallest absolute Gasteiger partial charge is 0.341 e. The van der Waals surface area contributed by atoms with Crippen LogP contribution in [0.15, 0.2) is 24.3 Å². The van der Waals surface area contributed by atoms with E-state index < -0.39 is 5.97 Å². The molecule has 2 atom stereocenters. The topological polar surface area (TPSA) is 55.4 Å². The standard InChI is InChI=1S/C18H18ClNO3S/c1-9-10(2)24-17(15(9)18(22)23-3)20-16(21)13-8-12(13)11-6-4-5-7-14(11)19/h4-7,12-13H,8H2,1-3H3,(H,20,21)/t12-,13+/m1/s1. The molecule has 1 fully saturated rings. The van der Waals surface area contributed by atoms with Gasteiger partial charge in [0.2, 0.25) is 5.91 Å². The summed E-state index contributed by atoms with van der Waals surface area (Å²) in [6.45, 7) is 3.78. The Morgan fingerprint density at radius 2 is 2.00 bits per heavy atom. The minimum Gasteiger partial charge on any atom is -0.465 e. The van der Waals surface area contributed by atoms with E-state index in [-0.39, 0.29) is 17.7 Å². The monoisotopic (exact) mass is 363 g/mol. The zero-order valence-corrected chi connectivity index (χ0v) is 15.3. The molecule has 1 aromatic carbocycles. The predicted molar refractivity (Wildman–Crippen MR) is 96.1 cm³/mol. The van der Waals surface area contributed by atoms with Crippen molar-refractivity contribution in [2.45, 2.75) is 26.2 Å². The van der Waals surface area contributed by atoms with Gasteiger partial charge >= 0.3 is 5.97 Å². The van der Waals surface area contributed by atoms with Crippen molar-refractivity contribution in [3.8, 4) is 0 Å². The number of hydrogen-bond acceptors (Lipinski definition) is 4. The van der Waals surface area contributed by atoms with Crippen LogP contribution in [0.5, 0.6) is 0 Å². The molecular formula is C18H18ClNO3S. The molecule has 1 aliphatic rings. The van der Waals surface area contributed by atoms with Crippen LogP contribution >= 0.6 is 22.9 Å². The Hall–Kier alpha value is -1.85. The summed E-state index contributed by atoms with van der Waals surface area (Å²) in [5, 5.41) is 4.16. The Morgan fingerprint density at radius 3 is 2.67 bits per heavy atom. The molecule has 0 aliphatic heterocycles. The maximum absolute atomic E-state index is 12.6. The fraction of sp³-hybridized carbons (Fsp3) is 0.333. The van der Waals surface area contributed by atoms with Crippen LogP contribution in [0.4, 0.5) is 5.00 Å². The molecule has 1 N–H and O–H groups in total. The van der Waals surface area contributed by atoms with Gasteiger partial charge in [-0.2, -0.15) is 0 Å². The number of hydrogen-bond donors (Lipinski definition) is 1. The number of esters is 1. The Labute approximate surface area is 149 Å². The summed E-state index contributed by atoms with van der Waals surface area (Å²) in [4.78, 5) is 25.5. The molecule has 3 rings (SSSR count). The maximum atomic E-state index is 12.6. The van der Waals surface area contributed by atoms with Crippen molar-refractivity contribution < 1.29 is 14.3 Å². The molecule has 1 amide bonds. The number of carbonyl (C=O) groups is 2. The highest BCUT2D eigenvalue weighted by Crippen LogP contribution is 2.50. The molecule has 0 saturated heterocycles. The van der Waals surface area contributed by atoms with Crippen LogP contribution < -0.4 is 5.32 Å². The lowest BCUT2D eigenvalue weighted by Gasteiger charge is -2.07. The van der Waals surface area contributed by atoms with Crippen LogP contribution in [-0.4, -0.2) is 19.0 Å². The van der Waals surface area contributed by atoms with Crippen molar-refractivity contribution in [2.75, 3.05) is 12.4 Å². The minimum atomic E-state index is -0.425. The molecule has 1 aliphatic carbocycles. The molecule has 0 radical (unpaired) electrons. The lowest BCUT2D eigenvalue weighted by atomic mass is 10.1. The third kappa shape index (κ3) is 3.06. The maximum Gasteiger partial charge on any atom is 0.341 e. The van der Waals surface area contributed by atoms with Crippen LogP contribution in [0.25, 0.3) is 0 Å². The summed E-state index contributed by atoms with van der Waals surface area (Å²) in [6.07, 6.45) is 0.770. The van der Waals surface area contributed by atoms with E-state index in [1.54, 1.807) is 0 Å². The molecule has 6 heteroatoms. The van der Waals surface area contributed by atoms with Crippen molar-refractivity contribution >= 4 is 39.8 Å². The summed E-state index contributed by atoms with van der Waals surface area (Å²) >= 11 is 7.61. The molecule has 126 valence electrons. The fourth-order valence-corrected chi connectivity index (χ4v) is 4.20. The molecular weight excluding hydrogens is 346 g/mol. The minimum absolute atomic E-state index is 0.0775. The van der Waals surface area contributed by atoms with Gasteiger partial charge in [0.05, 0.1) is 12.7 Å². The Bertz CT molecular complexity index is 815. The lowest BCUT2D eigenvalue weighted by molar-refractivity contribution is -0.117. The van der Waals surface area contributed by atoms with E-state index in [1.807, 2.05) is 38.1 Å². The second-order valence-corrected chi connectivity index (χ2v) is 7.57. The van der Waals surface area contributed by atoms with Gasteiger partial charge in [-0.3, -0.25) is 4.79 Å². The average Bonchev–Trinajstić information content (AvgIpc) is 3.30. The number of rotatable bonds is 4. The highest BCUT2D eigenvalue weighted by atomic mass is 35.5. The van der Waals surface area contributed by atoms with Crippen LogP contribution in [-0.2, 0) is 9.53 Å². The molecule has 1 aromatic heterocycles. The largest absolute Gasteiger partial charge is 0.465 e. The van der Waals surface area contributed by atoms with Gasteiger partial charge in [0.15, 0.2) is 0 Å². The molecule has 1 saturated carbocycles. The van der Waals surface area contributed by atoms with Crippen molar-refractivity contribution in [1.82, 2.24) is 0 Å². The number of halogens is 1. The number of amides is 1. The number of carbonyl (C=O) groups excluding carboxylic acids is 2. The predicted octanol–water partition coefficient (Wildman–Crippen LogP) is 4.55. The van der Waals surface area contributed by atoms with Crippen LogP contribution in [0.2, 0.25) is 5.02 Å². The van der Waals surface area contributed by atoms with Gasteiger partial charge in [0.1, 0.15) is 5.00 Å². The third-order valence-corrected chi connectivity index (χ3v) is 5.91. The van der Waals surface area contributed by atoms with Gasteiger partial charge in [-0.25, -0.2) is 4.79 Å². The van der Waals surface area contributed by atoms with Crippen LogP contribution in [0.1, 0.15) is 38.7 Å². The first-order chi connectivity index (χ1) is 11.4. The first-order valence-corrected chi connectivity index (χ1v) is 8.87. The van der Waals surface area contributed by atoms with E-state index in [0.717, 1.165) is 22.4 Å². The van der Waals surface area contributed by atoms with E-state index in [1.165, 1.54) is 18.4 Å². The van der Waals surface area contributed by atoms with Gasteiger partial charge in [0.25, 0.3) is 0 Å². The highest BCUT2D eigenvalue weighted by molar-refractivity contribution is 7.16. The average molecular weight is 364 g/mol. The lowest BCUT2D eigenvalue weighted by Crippen LogP contribution is -2.16. The first kappa shape index (κ1) is 17.0. The normalized spacial score (nSPS) is 19.0.